The Balaban J connectivity index is 3.18. The highest BCUT2D eigenvalue weighted by atomic mass is 16.6. The van der Waals surface area contributed by atoms with Gasteiger partial charge in [-0.3, -0.25) is 14.4 Å². The number of nitrogens with zero attached hydrogens (tertiary/aromatic N) is 1. The van der Waals surface area contributed by atoms with Crippen LogP contribution in [0.2, 0.25) is 0 Å². The fourth-order valence-corrected chi connectivity index (χ4v) is 3.06. The SMILES string of the molecule is CCCCNC(=O)C(c1ccc(O)cc1)N(C)C(=O)C(CCC(N)=O)NC(=O)OC(C)(C)C. The van der Waals surface area contributed by atoms with Gasteiger partial charge in [-0.1, -0.05) is 25.5 Å². The number of unbranched alkanes of at least 4 members (excludes halogenated alkanes) is 1. The summed E-state index contributed by atoms with van der Waals surface area (Å²) in [6.45, 7) is 7.47. The number of hydrogen-bond donors (Lipinski definition) is 4. The molecule has 0 bridgehead atoms. The van der Waals surface area contributed by atoms with Gasteiger partial charge in [-0.15, -0.1) is 0 Å². The lowest BCUT2D eigenvalue weighted by molar-refractivity contribution is -0.141. The summed E-state index contributed by atoms with van der Waals surface area (Å²) in [7, 11) is 1.44. The van der Waals surface area contributed by atoms with E-state index < -0.39 is 41.5 Å². The second kappa shape index (κ2) is 12.7. The zero-order valence-corrected chi connectivity index (χ0v) is 20.0. The highest BCUT2D eigenvalue weighted by molar-refractivity contribution is 5.92. The van der Waals surface area contributed by atoms with Gasteiger partial charge in [0.15, 0.2) is 0 Å². The molecular weight excluding hydrogens is 428 g/mol. The Morgan fingerprint density at radius 1 is 1.15 bits per heavy atom. The molecular formula is C23H36N4O6. The Morgan fingerprint density at radius 3 is 2.27 bits per heavy atom. The molecule has 184 valence electrons. The van der Waals surface area contributed by atoms with Gasteiger partial charge in [0.05, 0.1) is 0 Å². The topological polar surface area (TPSA) is 151 Å². The third-order valence-corrected chi connectivity index (χ3v) is 4.69. The van der Waals surface area contributed by atoms with Gasteiger partial charge < -0.3 is 31.1 Å². The highest BCUT2D eigenvalue weighted by Gasteiger charge is 2.34. The van der Waals surface area contributed by atoms with Gasteiger partial charge in [0.2, 0.25) is 17.7 Å². The third-order valence-electron chi connectivity index (χ3n) is 4.69. The summed E-state index contributed by atoms with van der Waals surface area (Å²) in [4.78, 5) is 51.2. The van der Waals surface area contributed by atoms with Crippen LogP contribution in [-0.2, 0) is 19.1 Å². The smallest absolute Gasteiger partial charge is 0.408 e. The number of nitrogens with two attached hydrogens (primary N) is 1. The second-order valence-corrected chi connectivity index (χ2v) is 8.79. The highest BCUT2D eigenvalue weighted by Crippen LogP contribution is 2.23. The summed E-state index contributed by atoms with van der Waals surface area (Å²) in [5.74, 6) is -1.61. The predicted octanol–water partition coefficient (Wildman–Crippen LogP) is 1.97. The predicted molar refractivity (Wildman–Crippen MR) is 123 cm³/mol. The second-order valence-electron chi connectivity index (χ2n) is 8.79. The standard InChI is InChI=1S/C23H36N4O6/c1-6-7-14-25-20(30)19(15-8-10-16(28)11-9-15)27(5)21(31)17(12-13-18(24)29)26-22(32)33-23(2,3)4/h8-11,17,19,28H,6-7,12-14H2,1-5H3,(H2,24,29)(H,25,30)(H,26,32). The third kappa shape index (κ3) is 9.80. The fraction of sp³-hybridized carbons (Fsp3) is 0.565. The van der Waals surface area contributed by atoms with E-state index in [1.54, 1.807) is 32.9 Å². The number of phenolic OH excluding ortho intramolecular Hbond substituents is 1. The molecule has 0 fully saturated rings. The molecule has 2 unspecified atom stereocenters. The van der Waals surface area contributed by atoms with Crippen LogP contribution in [0.15, 0.2) is 24.3 Å². The molecule has 1 rings (SSSR count). The molecule has 0 heterocycles. The van der Waals surface area contributed by atoms with Gasteiger partial charge in [0.1, 0.15) is 23.4 Å². The quantitative estimate of drug-likeness (QED) is 0.368. The molecule has 0 aliphatic rings. The summed E-state index contributed by atoms with van der Waals surface area (Å²) in [6.07, 6.45) is 0.623. The first-order chi connectivity index (χ1) is 15.4. The summed E-state index contributed by atoms with van der Waals surface area (Å²) < 4.78 is 5.23. The van der Waals surface area contributed by atoms with Crippen LogP contribution in [0.5, 0.6) is 5.75 Å². The van der Waals surface area contributed by atoms with Crippen LogP contribution in [0.4, 0.5) is 4.79 Å². The van der Waals surface area contributed by atoms with Crippen molar-refractivity contribution in [1.29, 1.82) is 0 Å². The van der Waals surface area contributed by atoms with Gasteiger partial charge in [0.25, 0.3) is 0 Å². The Labute approximate surface area is 194 Å². The number of carbonyl (C=O) groups excluding carboxylic acids is 4. The maximum absolute atomic E-state index is 13.3. The van der Waals surface area contributed by atoms with Gasteiger partial charge >= 0.3 is 6.09 Å². The van der Waals surface area contributed by atoms with Crippen LogP contribution >= 0.6 is 0 Å². The Bertz CT molecular complexity index is 819. The van der Waals surface area contributed by atoms with E-state index in [1.807, 2.05) is 6.92 Å². The van der Waals surface area contributed by atoms with E-state index in [2.05, 4.69) is 10.6 Å². The largest absolute Gasteiger partial charge is 0.508 e. The van der Waals surface area contributed by atoms with E-state index >= 15 is 0 Å². The van der Waals surface area contributed by atoms with Crippen LogP contribution in [0.3, 0.4) is 0 Å². The summed E-state index contributed by atoms with van der Waals surface area (Å²) in [5, 5.41) is 14.9. The number of rotatable bonds is 11. The van der Waals surface area contributed by atoms with E-state index in [1.165, 1.54) is 24.1 Å². The number of likely N-dealkylation sites (N-methyl/N-ethyl adjacent to an activating group) is 1. The minimum atomic E-state index is -1.14. The number of alkyl carbamates (subject to hydrolysis) is 1. The minimum absolute atomic E-state index is 0.0174. The average molecular weight is 465 g/mol. The van der Waals surface area contributed by atoms with Gasteiger partial charge in [-0.2, -0.15) is 0 Å². The van der Waals surface area contributed by atoms with Crippen molar-refractivity contribution in [2.24, 2.45) is 5.73 Å². The fourth-order valence-electron chi connectivity index (χ4n) is 3.06. The normalized spacial score (nSPS) is 12.9. The van der Waals surface area contributed by atoms with Crippen LogP contribution in [-0.4, -0.2) is 59.1 Å². The van der Waals surface area contributed by atoms with E-state index in [4.69, 9.17) is 10.5 Å². The Hall–Kier alpha value is -3.30. The van der Waals surface area contributed by atoms with Crippen molar-refractivity contribution in [3.05, 3.63) is 29.8 Å². The summed E-state index contributed by atoms with van der Waals surface area (Å²) in [6, 6.07) is 3.77. The maximum Gasteiger partial charge on any atom is 0.408 e. The van der Waals surface area contributed by atoms with E-state index in [-0.39, 0.29) is 18.6 Å². The molecule has 1 aromatic rings. The number of phenols is 1. The molecule has 5 N–H and O–H groups in total. The number of primary amides is 1. The molecule has 0 saturated heterocycles. The number of carbonyl (C=O) groups is 4. The van der Waals surface area contributed by atoms with Crippen molar-refractivity contribution in [3.8, 4) is 5.75 Å². The monoisotopic (exact) mass is 464 g/mol. The molecule has 33 heavy (non-hydrogen) atoms. The zero-order valence-electron chi connectivity index (χ0n) is 20.0. The Kier molecular flexibility index (Phi) is 10.6. The number of benzene rings is 1. The van der Waals surface area contributed by atoms with Gasteiger partial charge in [-0.05, 0) is 51.3 Å². The maximum atomic E-state index is 13.3. The Morgan fingerprint density at radius 2 is 1.76 bits per heavy atom. The summed E-state index contributed by atoms with van der Waals surface area (Å²) >= 11 is 0. The van der Waals surface area contributed by atoms with Crippen molar-refractivity contribution in [3.63, 3.8) is 0 Å². The molecule has 0 aliphatic heterocycles. The molecule has 0 aliphatic carbocycles. The van der Waals surface area contributed by atoms with Gasteiger partial charge in [-0.25, -0.2) is 4.79 Å². The molecule has 0 aromatic heterocycles. The molecule has 0 spiro atoms. The van der Waals surface area contributed by atoms with Crippen molar-refractivity contribution in [2.75, 3.05) is 13.6 Å². The molecule has 0 radical (unpaired) electrons. The number of hydrogen-bond acceptors (Lipinski definition) is 6. The number of aromatic hydroxyl groups is 1. The molecule has 1 aromatic carbocycles. The van der Waals surface area contributed by atoms with Crippen molar-refractivity contribution in [2.45, 2.75) is 71.1 Å². The van der Waals surface area contributed by atoms with Crippen molar-refractivity contribution in [1.82, 2.24) is 15.5 Å². The van der Waals surface area contributed by atoms with Crippen LogP contribution in [0, 0.1) is 0 Å². The molecule has 10 nitrogen and oxygen atoms in total. The van der Waals surface area contributed by atoms with Crippen molar-refractivity contribution < 1.29 is 29.0 Å². The lowest BCUT2D eigenvalue weighted by atomic mass is 10.0. The lowest BCUT2D eigenvalue weighted by Gasteiger charge is -2.31. The zero-order chi connectivity index (χ0) is 25.2. The van der Waals surface area contributed by atoms with Crippen LogP contribution in [0.25, 0.3) is 0 Å². The van der Waals surface area contributed by atoms with Crippen LogP contribution < -0.4 is 16.4 Å². The number of ether oxygens (including phenoxy) is 1. The van der Waals surface area contributed by atoms with E-state index in [0.29, 0.717) is 12.1 Å². The first-order valence-electron chi connectivity index (χ1n) is 11.0. The average Bonchev–Trinajstić information content (AvgIpc) is 2.70. The van der Waals surface area contributed by atoms with Gasteiger partial charge in [0, 0.05) is 20.0 Å². The lowest BCUT2D eigenvalue weighted by Crippen LogP contribution is -2.52. The first-order valence-corrected chi connectivity index (χ1v) is 11.0. The van der Waals surface area contributed by atoms with E-state index in [0.717, 1.165) is 12.8 Å². The van der Waals surface area contributed by atoms with Crippen molar-refractivity contribution >= 4 is 23.8 Å². The molecule has 2 atom stereocenters. The molecule has 0 saturated carbocycles. The number of nitrogens with one attached hydrogen (secondary N) is 2. The van der Waals surface area contributed by atoms with E-state index in [9.17, 15) is 24.3 Å². The van der Waals surface area contributed by atoms with Crippen LogP contribution in [0.1, 0.15) is 65.0 Å². The first kappa shape index (κ1) is 27.7. The minimum Gasteiger partial charge on any atom is -0.508 e. The number of amides is 4. The summed E-state index contributed by atoms with van der Waals surface area (Å²) in [5.41, 5.74) is 4.92. The molecule has 10 heteroatoms. The molecule has 4 amide bonds.